The second-order valence-corrected chi connectivity index (χ2v) is 4.30. The first-order valence-electron chi connectivity index (χ1n) is 2.71. The second kappa shape index (κ2) is 2.19. The summed E-state index contributed by atoms with van der Waals surface area (Å²) >= 11 is 0. The van der Waals surface area contributed by atoms with E-state index in [0.717, 1.165) is 6.26 Å². The van der Waals surface area contributed by atoms with Crippen LogP contribution in [-0.2, 0) is 14.6 Å². The van der Waals surface area contributed by atoms with Crippen molar-refractivity contribution in [1.82, 2.24) is 10.6 Å². The van der Waals surface area contributed by atoms with Crippen LogP contribution in [-0.4, -0.2) is 32.0 Å². The van der Waals surface area contributed by atoms with Gasteiger partial charge in [0.05, 0.1) is 0 Å². The molecule has 0 aromatic heterocycles. The molecule has 11 heavy (non-hydrogen) atoms. The van der Waals surface area contributed by atoms with Crippen LogP contribution < -0.4 is 10.6 Å². The number of carbonyl (C=O) groups excluding carboxylic acids is 2. The molecule has 1 saturated heterocycles. The van der Waals surface area contributed by atoms with E-state index in [1.165, 1.54) is 0 Å². The van der Waals surface area contributed by atoms with E-state index in [2.05, 4.69) is 0 Å². The van der Waals surface area contributed by atoms with Crippen LogP contribution in [0, 0.1) is 0 Å². The van der Waals surface area contributed by atoms with Crippen molar-refractivity contribution in [1.29, 1.82) is 0 Å². The van der Waals surface area contributed by atoms with Gasteiger partial charge in [-0.05, 0) is 0 Å². The highest BCUT2D eigenvalue weighted by molar-refractivity contribution is 7.92. The zero-order valence-corrected chi connectivity index (χ0v) is 6.44. The Kier molecular flexibility index (Phi) is 1.59. The molecule has 1 aliphatic heterocycles. The number of hydrogen-bond acceptors (Lipinski definition) is 4. The molecular formula is C4H6N2O4S. The number of hydrogen-bond donors (Lipinski definition) is 2. The molecule has 1 rings (SSSR count). The first kappa shape index (κ1) is 7.99. The Bertz CT molecular complexity index is 306. The Morgan fingerprint density at radius 2 is 1.91 bits per heavy atom. The molecule has 62 valence electrons. The maximum Gasteiger partial charge on any atom is 0.322 e. The first-order chi connectivity index (χ1) is 4.91. The third kappa shape index (κ3) is 1.48. The minimum Gasteiger partial charge on any atom is -0.313 e. The largest absolute Gasteiger partial charge is 0.322 e. The van der Waals surface area contributed by atoms with Gasteiger partial charge in [0, 0.05) is 6.26 Å². The van der Waals surface area contributed by atoms with Gasteiger partial charge in [0.25, 0.3) is 5.91 Å². The number of amides is 3. The van der Waals surface area contributed by atoms with E-state index >= 15 is 0 Å². The van der Waals surface area contributed by atoms with E-state index < -0.39 is 27.1 Å². The summed E-state index contributed by atoms with van der Waals surface area (Å²) in [4.78, 5) is 21.1. The van der Waals surface area contributed by atoms with Gasteiger partial charge < -0.3 is 5.32 Å². The van der Waals surface area contributed by atoms with Crippen LogP contribution in [0.25, 0.3) is 0 Å². The molecule has 0 aromatic rings. The van der Waals surface area contributed by atoms with Crippen molar-refractivity contribution in [3.8, 4) is 0 Å². The fraction of sp³-hybridized carbons (Fsp3) is 0.500. The standard InChI is InChI=1S/C4H6N2O4S/c1-11(9,10)3-2(7)5-4(8)6-3/h3H,1H3,(H2,5,6,7,8). The molecule has 1 atom stereocenters. The van der Waals surface area contributed by atoms with Crippen molar-refractivity contribution in [2.24, 2.45) is 0 Å². The lowest BCUT2D eigenvalue weighted by atomic mass is 10.6. The molecule has 1 unspecified atom stereocenters. The lowest BCUT2D eigenvalue weighted by Gasteiger charge is -2.01. The van der Waals surface area contributed by atoms with Crippen LogP contribution in [0.2, 0.25) is 0 Å². The molecule has 0 aliphatic carbocycles. The summed E-state index contributed by atoms with van der Waals surface area (Å²) in [6, 6.07) is -0.773. The van der Waals surface area contributed by atoms with Crippen molar-refractivity contribution < 1.29 is 18.0 Å². The summed E-state index contributed by atoms with van der Waals surface area (Å²) in [6.07, 6.45) is 0.878. The van der Waals surface area contributed by atoms with Crippen LogP contribution in [0.3, 0.4) is 0 Å². The maximum atomic E-state index is 10.7. The molecule has 0 radical (unpaired) electrons. The highest BCUT2D eigenvalue weighted by Gasteiger charge is 2.37. The Morgan fingerprint density at radius 1 is 1.36 bits per heavy atom. The molecule has 2 N–H and O–H groups in total. The minimum absolute atomic E-state index is 0.773. The van der Waals surface area contributed by atoms with Crippen molar-refractivity contribution in [2.75, 3.05) is 6.26 Å². The summed E-state index contributed by atoms with van der Waals surface area (Å²) in [6.45, 7) is 0. The van der Waals surface area contributed by atoms with E-state index in [9.17, 15) is 18.0 Å². The van der Waals surface area contributed by atoms with E-state index in [1.807, 2.05) is 5.32 Å². The van der Waals surface area contributed by atoms with Gasteiger partial charge in [-0.15, -0.1) is 0 Å². The van der Waals surface area contributed by atoms with E-state index in [-0.39, 0.29) is 0 Å². The lowest BCUT2D eigenvalue weighted by molar-refractivity contribution is -0.118. The van der Waals surface area contributed by atoms with Gasteiger partial charge in [-0.25, -0.2) is 13.2 Å². The molecule has 0 saturated carbocycles. The fourth-order valence-corrected chi connectivity index (χ4v) is 1.47. The third-order valence-electron chi connectivity index (χ3n) is 1.17. The average Bonchev–Trinajstić information content (AvgIpc) is 2.08. The first-order valence-corrected chi connectivity index (χ1v) is 4.67. The number of urea groups is 1. The van der Waals surface area contributed by atoms with Gasteiger partial charge in [0.2, 0.25) is 5.37 Å². The van der Waals surface area contributed by atoms with Crippen LogP contribution in [0.15, 0.2) is 0 Å². The van der Waals surface area contributed by atoms with Gasteiger partial charge >= 0.3 is 6.03 Å². The Hall–Kier alpha value is -1.11. The van der Waals surface area contributed by atoms with E-state index in [4.69, 9.17) is 0 Å². The number of nitrogens with one attached hydrogen (secondary N) is 2. The Balaban J connectivity index is 2.94. The van der Waals surface area contributed by atoms with Crippen molar-refractivity contribution in [2.45, 2.75) is 5.37 Å². The van der Waals surface area contributed by atoms with Gasteiger partial charge in [-0.3, -0.25) is 10.1 Å². The molecule has 3 amide bonds. The van der Waals surface area contributed by atoms with Gasteiger partial charge in [0.1, 0.15) is 0 Å². The van der Waals surface area contributed by atoms with Crippen molar-refractivity contribution in [3.63, 3.8) is 0 Å². The number of sulfone groups is 1. The molecule has 0 bridgehead atoms. The Morgan fingerprint density at radius 3 is 2.09 bits per heavy atom. The smallest absolute Gasteiger partial charge is 0.313 e. The Labute approximate surface area is 62.9 Å². The molecule has 0 spiro atoms. The molecule has 1 aliphatic rings. The van der Waals surface area contributed by atoms with Crippen molar-refractivity contribution >= 4 is 21.8 Å². The quantitative estimate of drug-likeness (QED) is 0.463. The summed E-state index contributed by atoms with van der Waals surface area (Å²) in [5.74, 6) is -0.822. The maximum absolute atomic E-state index is 10.7. The van der Waals surface area contributed by atoms with E-state index in [1.54, 1.807) is 5.32 Å². The number of rotatable bonds is 1. The summed E-state index contributed by atoms with van der Waals surface area (Å²) in [5, 5.41) is 2.34. The second-order valence-electron chi connectivity index (χ2n) is 2.17. The predicted octanol–water partition coefficient (Wildman–Crippen LogP) is -1.80. The highest BCUT2D eigenvalue weighted by atomic mass is 32.2. The number of carbonyl (C=O) groups is 2. The normalized spacial score (nSPS) is 24.6. The van der Waals surface area contributed by atoms with Crippen molar-refractivity contribution in [3.05, 3.63) is 0 Å². The lowest BCUT2D eigenvalue weighted by Crippen LogP contribution is -2.36. The molecule has 6 nitrogen and oxygen atoms in total. The molecular weight excluding hydrogens is 172 g/mol. The van der Waals surface area contributed by atoms with E-state index in [0.29, 0.717) is 0 Å². The molecule has 1 fully saturated rings. The SMILES string of the molecule is CS(=O)(=O)C1NC(=O)NC1=O. The summed E-state index contributed by atoms with van der Waals surface area (Å²) in [5.41, 5.74) is 0. The van der Waals surface area contributed by atoms with Crippen LogP contribution in [0.4, 0.5) is 4.79 Å². The van der Waals surface area contributed by atoms with Gasteiger partial charge in [-0.2, -0.15) is 0 Å². The zero-order valence-electron chi connectivity index (χ0n) is 5.62. The predicted molar refractivity (Wildman–Crippen MR) is 35.3 cm³/mol. The topological polar surface area (TPSA) is 92.3 Å². The van der Waals surface area contributed by atoms with Gasteiger partial charge in [-0.1, -0.05) is 0 Å². The molecule has 0 aromatic carbocycles. The monoisotopic (exact) mass is 178 g/mol. The summed E-state index contributed by atoms with van der Waals surface area (Å²) < 4.78 is 21.4. The average molecular weight is 178 g/mol. The minimum atomic E-state index is -3.53. The van der Waals surface area contributed by atoms with Gasteiger partial charge in [0.15, 0.2) is 9.84 Å². The highest BCUT2D eigenvalue weighted by Crippen LogP contribution is 1.99. The number of imide groups is 1. The molecule has 1 heterocycles. The summed E-state index contributed by atoms with van der Waals surface area (Å²) in [7, 11) is -3.53. The van der Waals surface area contributed by atoms with Crippen LogP contribution in [0.5, 0.6) is 0 Å². The fourth-order valence-electron chi connectivity index (χ4n) is 0.700. The van der Waals surface area contributed by atoms with Crippen LogP contribution >= 0.6 is 0 Å². The third-order valence-corrected chi connectivity index (χ3v) is 2.35. The van der Waals surface area contributed by atoms with Crippen LogP contribution in [0.1, 0.15) is 0 Å². The molecule has 7 heteroatoms. The zero-order chi connectivity index (χ0) is 8.65.